The second-order valence-corrected chi connectivity index (χ2v) is 4.94. The third-order valence-corrected chi connectivity index (χ3v) is 3.27. The number of rotatable bonds is 4. The molecule has 2 aromatic carbocycles. The van der Waals surface area contributed by atoms with Gasteiger partial charge >= 0.3 is 0 Å². The van der Waals surface area contributed by atoms with E-state index in [0.29, 0.717) is 16.9 Å². The highest BCUT2D eigenvalue weighted by atomic mass is 19.1. The summed E-state index contributed by atoms with van der Waals surface area (Å²) in [7, 11) is 0. The van der Waals surface area contributed by atoms with E-state index in [4.69, 9.17) is 4.42 Å². The molecule has 0 aliphatic heterocycles. The number of halogens is 1. The van der Waals surface area contributed by atoms with E-state index in [1.165, 1.54) is 36.6 Å². The minimum atomic E-state index is -0.427. The Balaban J connectivity index is 1.77. The first-order chi connectivity index (χ1) is 11.6. The zero-order chi connectivity index (χ0) is 16.9. The summed E-state index contributed by atoms with van der Waals surface area (Å²) in [6.07, 6.45) is 1.40. The molecule has 0 fully saturated rings. The lowest BCUT2D eigenvalue weighted by Crippen LogP contribution is -2.16. The number of nitrogens with one attached hydrogen (secondary N) is 2. The normalized spacial score (nSPS) is 10.2. The van der Waals surface area contributed by atoms with Crippen molar-refractivity contribution >= 4 is 23.2 Å². The Hall–Kier alpha value is -3.41. The summed E-state index contributed by atoms with van der Waals surface area (Å²) in [6, 6.07) is 15.1. The van der Waals surface area contributed by atoms with Crippen LogP contribution in [0.5, 0.6) is 0 Å². The fourth-order valence-electron chi connectivity index (χ4n) is 2.09. The Morgan fingerprint density at radius 3 is 2.00 bits per heavy atom. The highest BCUT2D eigenvalue weighted by Crippen LogP contribution is 2.22. The summed E-state index contributed by atoms with van der Waals surface area (Å²) < 4.78 is 18.0. The molecule has 2 N–H and O–H groups in total. The van der Waals surface area contributed by atoms with Crippen LogP contribution < -0.4 is 10.6 Å². The van der Waals surface area contributed by atoms with Crippen molar-refractivity contribution in [1.82, 2.24) is 0 Å². The number of benzene rings is 2. The predicted molar refractivity (Wildman–Crippen MR) is 87.5 cm³/mol. The van der Waals surface area contributed by atoms with Crippen LogP contribution in [-0.4, -0.2) is 11.8 Å². The van der Waals surface area contributed by atoms with E-state index in [0.717, 1.165) is 0 Å². The van der Waals surface area contributed by atoms with Gasteiger partial charge in [0.05, 0.1) is 17.6 Å². The molecule has 0 saturated carbocycles. The zero-order valence-corrected chi connectivity index (χ0v) is 12.5. The first-order valence-corrected chi connectivity index (χ1v) is 7.14. The molecule has 0 radical (unpaired) electrons. The molecule has 0 spiro atoms. The maximum absolute atomic E-state index is 12.9. The topological polar surface area (TPSA) is 71.3 Å². The minimum absolute atomic E-state index is 0.162. The number of carbonyl (C=O) groups is 2. The van der Waals surface area contributed by atoms with Crippen LogP contribution in [0.15, 0.2) is 71.3 Å². The Bertz CT molecular complexity index is 858. The van der Waals surface area contributed by atoms with Gasteiger partial charge in [-0.05, 0) is 48.5 Å². The van der Waals surface area contributed by atoms with E-state index < -0.39 is 17.6 Å². The first-order valence-electron chi connectivity index (χ1n) is 7.14. The highest BCUT2D eigenvalue weighted by Gasteiger charge is 2.13. The lowest BCUT2D eigenvalue weighted by molar-refractivity contribution is 0.0993. The monoisotopic (exact) mass is 324 g/mol. The van der Waals surface area contributed by atoms with Crippen molar-refractivity contribution in [3.8, 4) is 0 Å². The molecule has 1 aromatic heterocycles. The molecule has 3 rings (SSSR count). The predicted octanol–water partition coefficient (Wildman–Crippen LogP) is 3.92. The number of amides is 2. The number of carbonyl (C=O) groups excluding carboxylic acids is 2. The third kappa shape index (κ3) is 3.49. The summed E-state index contributed by atoms with van der Waals surface area (Å²) in [6.45, 7) is 0. The average molecular weight is 324 g/mol. The Kier molecular flexibility index (Phi) is 4.38. The minimum Gasteiger partial charge on any atom is -0.459 e. The van der Waals surface area contributed by atoms with Crippen molar-refractivity contribution in [1.29, 1.82) is 0 Å². The average Bonchev–Trinajstić information content (AvgIpc) is 3.12. The molecule has 120 valence electrons. The van der Waals surface area contributed by atoms with Crippen LogP contribution in [0.2, 0.25) is 0 Å². The second kappa shape index (κ2) is 6.78. The van der Waals surface area contributed by atoms with E-state index in [-0.39, 0.29) is 5.76 Å². The maximum atomic E-state index is 12.9. The summed E-state index contributed by atoms with van der Waals surface area (Å²) in [5.74, 6) is -1.09. The molecule has 24 heavy (non-hydrogen) atoms. The summed E-state index contributed by atoms with van der Waals surface area (Å²) in [5, 5.41) is 5.36. The Labute approximate surface area is 137 Å². The molecule has 0 atom stereocenters. The fourth-order valence-corrected chi connectivity index (χ4v) is 2.09. The van der Waals surface area contributed by atoms with Gasteiger partial charge < -0.3 is 15.1 Å². The largest absolute Gasteiger partial charge is 0.459 e. The number of para-hydroxylation sites is 2. The maximum Gasteiger partial charge on any atom is 0.291 e. The number of hydrogen-bond donors (Lipinski definition) is 2. The van der Waals surface area contributed by atoms with Crippen LogP contribution in [0.3, 0.4) is 0 Å². The van der Waals surface area contributed by atoms with E-state index in [2.05, 4.69) is 10.6 Å². The van der Waals surface area contributed by atoms with Gasteiger partial charge in [0.25, 0.3) is 11.8 Å². The summed E-state index contributed by atoms with van der Waals surface area (Å²) >= 11 is 0. The van der Waals surface area contributed by atoms with Crippen LogP contribution in [0.4, 0.5) is 15.8 Å². The lowest BCUT2D eigenvalue weighted by atomic mass is 10.2. The first kappa shape index (κ1) is 15.5. The van der Waals surface area contributed by atoms with Crippen LogP contribution in [-0.2, 0) is 0 Å². The summed E-state index contributed by atoms with van der Waals surface area (Å²) in [5.41, 5.74) is 1.16. The standard InChI is InChI=1S/C18H13FN2O3/c19-13-9-7-12(8-10-13)17(22)20-14-4-1-2-5-15(14)21-18(23)16-6-3-11-24-16/h1-11H,(H,20,22)(H,21,23). The molecule has 0 bridgehead atoms. The molecular weight excluding hydrogens is 311 g/mol. The molecule has 0 saturated heterocycles. The molecule has 3 aromatic rings. The van der Waals surface area contributed by atoms with Crippen molar-refractivity contribution in [2.24, 2.45) is 0 Å². The van der Waals surface area contributed by atoms with E-state index in [1.54, 1.807) is 30.3 Å². The van der Waals surface area contributed by atoms with Gasteiger partial charge in [0.15, 0.2) is 5.76 Å². The third-order valence-electron chi connectivity index (χ3n) is 3.27. The van der Waals surface area contributed by atoms with Crippen LogP contribution in [0.25, 0.3) is 0 Å². The van der Waals surface area contributed by atoms with Crippen molar-refractivity contribution < 1.29 is 18.4 Å². The van der Waals surface area contributed by atoms with Gasteiger partial charge in [-0.1, -0.05) is 12.1 Å². The van der Waals surface area contributed by atoms with Crippen LogP contribution in [0.1, 0.15) is 20.9 Å². The molecule has 5 nitrogen and oxygen atoms in total. The van der Waals surface area contributed by atoms with Gasteiger partial charge in [0, 0.05) is 5.56 Å². The highest BCUT2D eigenvalue weighted by molar-refractivity contribution is 6.09. The van der Waals surface area contributed by atoms with E-state index in [1.807, 2.05) is 0 Å². The van der Waals surface area contributed by atoms with Crippen molar-refractivity contribution in [2.45, 2.75) is 0 Å². The van der Waals surface area contributed by atoms with Gasteiger partial charge in [-0.15, -0.1) is 0 Å². The van der Waals surface area contributed by atoms with Gasteiger partial charge in [-0.2, -0.15) is 0 Å². The SMILES string of the molecule is O=C(Nc1ccccc1NC(=O)c1ccco1)c1ccc(F)cc1. The van der Waals surface area contributed by atoms with E-state index >= 15 is 0 Å². The van der Waals surface area contributed by atoms with Gasteiger partial charge in [-0.25, -0.2) is 4.39 Å². The molecule has 2 amide bonds. The molecule has 6 heteroatoms. The van der Waals surface area contributed by atoms with Crippen LogP contribution >= 0.6 is 0 Å². The fraction of sp³-hybridized carbons (Fsp3) is 0. The van der Waals surface area contributed by atoms with Crippen molar-refractivity contribution in [2.75, 3.05) is 10.6 Å². The molecule has 0 unspecified atom stereocenters. The molecule has 0 aliphatic carbocycles. The second-order valence-electron chi connectivity index (χ2n) is 4.94. The number of anilines is 2. The molecule has 0 aliphatic rings. The lowest BCUT2D eigenvalue weighted by Gasteiger charge is -2.11. The van der Waals surface area contributed by atoms with E-state index in [9.17, 15) is 14.0 Å². The number of hydrogen-bond acceptors (Lipinski definition) is 3. The van der Waals surface area contributed by atoms with Gasteiger partial charge in [0.1, 0.15) is 5.82 Å². The smallest absolute Gasteiger partial charge is 0.291 e. The Morgan fingerprint density at radius 1 is 0.792 bits per heavy atom. The van der Waals surface area contributed by atoms with Gasteiger partial charge in [0.2, 0.25) is 0 Å². The molecule has 1 heterocycles. The molecular formula is C18H13FN2O3. The number of furan rings is 1. The zero-order valence-electron chi connectivity index (χ0n) is 12.5. The summed E-state index contributed by atoms with van der Waals surface area (Å²) in [4.78, 5) is 24.3. The quantitative estimate of drug-likeness (QED) is 0.764. The van der Waals surface area contributed by atoms with Gasteiger partial charge in [-0.3, -0.25) is 9.59 Å². The van der Waals surface area contributed by atoms with Crippen LogP contribution in [0, 0.1) is 5.82 Å². The Morgan fingerprint density at radius 2 is 1.42 bits per heavy atom. The van der Waals surface area contributed by atoms with Crippen molar-refractivity contribution in [3.63, 3.8) is 0 Å². The van der Waals surface area contributed by atoms with Crippen molar-refractivity contribution in [3.05, 3.63) is 84.1 Å².